The van der Waals surface area contributed by atoms with Crippen LogP contribution in [0.1, 0.15) is 39.0 Å². The molecule has 4 atom stereocenters. The van der Waals surface area contributed by atoms with E-state index in [1.54, 1.807) is 0 Å². The lowest BCUT2D eigenvalue weighted by Crippen LogP contribution is -2.59. The van der Waals surface area contributed by atoms with Crippen molar-refractivity contribution in [1.82, 2.24) is 10.2 Å². The Labute approximate surface area is 105 Å². The lowest BCUT2D eigenvalue weighted by Gasteiger charge is -2.44. The number of nitrogens with one attached hydrogen (secondary N) is 1. The summed E-state index contributed by atoms with van der Waals surface area (Å²) in [6, 6.07) is 0.816. The van der Waals surface area contributed by atoms with Crippen molar-refractivity contribution in [2.75, 3.05) is 26.2 Å². The Balaban J connectivity index is 1.57. The van der Waals surface area contributed by atoms with Crippen LogP contribution < -0.4 is 11.1 Å². The standard InChI is InChI=1S/C14H27N3/c1-11-7-12(11)9-16-14(10-15)4-6-17-5-2-3-13(17)8-14/h11-13,16H,2-10,15H2,1H3. The second kappa shape index (κ2) is 4.52. The molecule has 0 spiro atoms. The Hall–Kier alpha value is -0.120. The Kier molecular flexibility index (Phi) is 3.18. The van der Waals surface area contributed by atoms with E-state index in [1.165, 1.54) is 51.7 Å². The molecule has 3 rings (SSSR count). The maximum Gasteiger partial charge on any atom is 0.0331 e. The quantitative estimate of drug-likeness (QED) is 0.772. The van der Waals surface area contributed by atoms with Crippen LogP contribution in [-0.4, -0.2) is 42.7 Å². The summed E-state index contributed by atoms with van der Waals surface area (Å²) in [6.45, 7) is 6.96. The van der Waals surface area contributed by atoms with Gasteiger partial charge in [-0.2, -0.15) is 0 Å². The fourth-order valence-electron chi connectivity index (χ4n) is 3.78. The average molecular weight is 237 g/mol. The van der Waals surface area contributed by atoms with Crippen LogP contribution in [-0.2, 0) is 0 Å². The van der Waals surface area contributed by atoms with Gasteiger partial charge in [0.25, 0.3) is 0 Å². The lowest BCUT2D eigenvalue weighted by molar-refractivity contribution is 0.110. The van der Waals surface area contributed by atoms with Crippen molar-refractivity contribution in [3.63, 3.8) is 0 Å². The number of nitrogens with zero attached hydrogens (tertiary/aromatic N) is 1. The van der Waals surface area contributed by atoms with Crippen molar-refractivity contribution in [2.24, 2.45) is 17.6 Å². The Morgan fingerprint density at radius 2 is 2.24 bits per heavy atom. The maximum atomic E-state index is 6.08. The molecule has 2 heterocycles. The summed E-state index contributed by atoms with van der Waals surface area (Å²) in [7, 11) is 0. The predicted molar refractivity (Wildman–Crippen MR) is 70.9 cm³/mol. The first kappa shape index (κ1) is 11.9. The van der Waals surface area contributed by atoms with Gasteiger partial charge in [0, 0.05) is 24.7 Å². The highest BCUT2D eigenvalue weighted by molar-refractivity contribution is 5.01. The number of hydrogen-bond donors (Lipinski definition) is 2. The molecule has 0 aromatic heterocycles. The van der Waals surface area contributed by atoms with Gasteiger partial charge >= 0.3 is 0 Å². The van der Waals surface area contributed by atoms with Crippen molar-refractivity contribution in [2.45, 2.75) is 50.6 Å². The molecule has 3 aliphatic rings. The van der Waals surface area contributed by atoms with E-state index < -0.39 is 0 Å². The lowest BCUT2D eigenvalue weighted by atomic mass is 9.83. The Morgan fingerprint density at radius 1 is 1.41 bits per heavy atom. The summed E-state index contributed by atoms with van der Waals surface area (Å²) in [5, 5.41) is 3.84. The summed E-state index contributed by atoms with van der Waals surface area (Å²) < 4.78 is 0. The molecule has 3 N–H and O–H groups in total. The zero-order chi connectivity index (χ0) is 11.9. The molecule has 2 aliphatic heterocycles. The normalized spacial score (nSPS) is 45.9. The van der Waals surface area contributed by atoms with Gasteiger partial charge in [0.1, 0.15) is 0 Å². The minimum atomic E-state index is 0.258. The second-order valence-corrected chi connectivity index (χ2v) is 6.62. The number of nitrogens with two attached hydrogens (primary N) is 1. The van der Waals surface area contributed by atoms with Crippen LogP contribution >= 0.6 is 0 Å². The van der Waals surface area contributed by atoms with Crippen LogP contribution in [0, 0.1) is 11.8 Å². The molecule has 3 heteroatoms. The minimum Gasteiger partial charge on any atom is -0.329 e. The third-order valence-electron chi connectivity index (χ3n) is 5.41. The average Bonchev–Trinajstić information content (AvgIpc) is 2.88. The van der Waals surface area contributed by atoms with Crippen LogP contribution in [0.25, 0.3) is 0 Å². The molecular weight excluding hydrogens is 210 g/mol. The van der Waals surface area contributed by atoms with E-state index in [2.05, 4.69) is 17.1 Å². The third-order valence-corrected chi connectivity index (χ3v) is 5.41. The third kappa shape index (κ3) is 2.38. The van der Waals surface area contributed by atoms with Gasteiger partial charge in [-0.3, -0.25) is 0 Å². The van der Waals surface area contributed by atoms with E-state index in [-0.39, 0.29) is 5.54 Å². The fraction of sp³-hybridized carbons (Fsp3) is 1.00. The van der Waals surface area contributed by atoms with E-state index >= 15 is 0 Å². The van der Waals surface area contributed by atoms with E-state index in [9.17, 15) is 0 Å². The summed E-state index contributed by atoms with van der Waals surface area (Å²) >= 11 is 0. The van der Waals surface area contributed by atoms with Gasteiger partial charge in [0.05, 0.1) is 0 Å². The predicted octanol–water partition coefficient (Wildman–Crippen LogP) is 1.19. The number of rotatable bonds is 4. The van der Waals surface area contributed by atoms with Gasteiger partial charge in [0.2, 0.25) is 0 Å². The number of hydrogen-bond acceptors (Lipinski definition) is 3. The van der Waals surface area contributed by atoms with Crippen LogP contribution in [0.5, 0.6) is 0 Å². The molecule has 0 amide bonds. The van der Waals surface area contributed by atoms with E-state index in [0.29, 0.717) is 0 Å². The Morgan fingerprint density at radius 3 is 2.94 bits per heavy atom. The first-order valence-electron chi connectivity index (χ1n) is 7.42. The van der Waals surface area contributed by atoms with Crippen molar-refractivity contribution < 1.29 is 0 Å². The van der Waals surface area contributed by atoms with Gasteiger partial charge in [0.15, 0.2) is 0 Å². The molecule has 2 saturated heterocycles. The maximum absolute atomic E-state index is 6.08. The van der Waals surface area contributed by atoms with Gasteiger partial charge in [-0.1, -0.05) is 6.92 Å². The highest BCUT2D eigenvalue weighted by Gasteiger charge is 2.42. The van der Waals surface area contributed by atoms with Crippen molar-refractivity contribution >= 4 is 0 Å². The highest BCUT2D eigenvalue weighted by atomic mass is 15.2. The highest BCUT2D eigenvalue weighted by Crippen LogP contribution is 2.38. The van der Waals surface area contributed by atoms with Crippen molar-refractivity contribution in [3.05, 3.63) is 0 Å². The molecule has 0 aromatic carbocycles. The van der Waals surface area contributed by atoms with E-state index in [4.69, 9.17) is 5.73 Å². The molecule has 4 unspecified atom stereocenters. The molecule has 3 fully saturated rings. The summed E-state index contributed by atoms with van der Waals surface area (Å²) in [4.78, 5) is 2.68. The van der Waals surface area contributed by atoms with Crippen LogP contribution in [0.2, 0.25) is 0 Å². The summed E-state index contributed by atoms with van der Waals surface area (Å²) in [6.07, 6.45) is 6.74. The van der Waals surface area contributed by atoms with Crippen LogP contribution in [0.15, 0.2) is 0 Å². The van der Waals surface area contributed by atoms with Gasteiger partial charge < -0.3 is 16.0 Å². The summed E-state index contributed by atoms with van der Waals surface area (Å²) in [5.74, 6) is 1.88. The van der Waals surface area contributed by atoms with E-state index in [1.807, 2.05) is 0 Å². The van der Waals surface area contributed by atoms with Gasteiger partial charge in [-0.15, -0.1) is 0 Å². The molecule has 1 saturated carbocycles. The monoisotopic (exact) mass is 237 g/mol. The van der Waals surface area contributed by atoms with Gasteiger partial charge in [-0.05, 0) is 57.0 Å². The number of piperidine rings is 1. The van der Waals surface area contributed by atoms with Gasteiger partial charge in [-0.25, -0.2) is 0 Å². The summed E-state index contributed by atoms with van der Waals surface area (Å²) in [5.41, 5.74) is 6.34. The molecule has 0 radical (unpaired) electrons. The molecule has 1 aliphatic carbocycles. The van der Waals surface area contributed by atoms with E-state index in [0.717, 1.165) is 24.4 Å². The SMILES string of the molecule is CC1CC1CNC1(CN)CCN2CCCC2C1. The molecule has 98 valence electrons. The van der Waals surface area contributed by atoms with Crippen molar-refractivity contribution in [3.8, 4) is 0 Å². The first-order valence-corrected chi connectivity index (χ1v) is 7.42. The molecule has 17 heavy (non-hydrogen) atoms. The second-order valence-electron chi connectivity index (χ2n) is 6.62. The minimum absolute atomic E-state index is 0.258. The molecular formula is C14H27N3. The zero-order valence-electron chi connectivity index (χ0n) is 11.1. The fourth-order valence-corrected chi connectivity index (χ4v) is 3.78. The van der Waals surface area contributed by atoms with Crippen LogP contribution in [0.4, 0.5) is 0 Å². The molecule has 3 nitrogen and oxygen atoms in total. The number of fused-ring (bicyclic) bond motifs is 1. The molecule has 0 bridgehead atoms. The van der Waals surface area contributed by atoms with Crippen molar-refractivity contribution in [1.29, 1.82) is 0 Å². The Bertz CT molecular complexity index is 281. The first-order chi connectivity index (χ1) is 8.22. The zero-order valence-corrected chi connectivity index (χ0v) is 11.1. The molecule has 0 aromatic rings. The largest absolute Gasteiger partial charge is 0.329 e. The smallest absolute Gasteiger partial charge is 0.0331 e. The topological polar surface area (TPSA) is 41.3 Å². The van der Waals surface area contributed by atoms with Crippen LogP contribution in [0.3, 0.4) is 0 Å².